The molecule has 0 bridgehead atoms. The van der Waals surface area contributed by atoms with Gasteiger partial charge in [0.15, 0.2) is 0 Å². The molecule has 0 heterocycles. The summed E-state index contributed by atoms with van der Waals surface area (Å²) < 4.78 is 6.82. The maximum absolute atomic E-state index is 5.84. The third kappa shape index (κ3) is 3.34. The molecule has 2 rings (SSSR count). The highest BCUT2D eigenvalue weighted by Crippen LogP contribution is 2.25. The van der Waals surface area contributed by atoms with Gasteiger partial charge < -0.3 is 10.1 Å². The first kappa shape index (κ1) is 13.1. The van der Waals surface area contributed by atoms with E-state index in [9.17, 15) is 0 Å². The van der Waals surface area contributed by atoms with Crippen molar-refractivity contribution in [2.75, 3.05) is 7.05 Å². The standard InChI is InChI=1S/C15H16BrNO/c1-17-10-12-6-2-3-7-13(12)11-18-15-9-5-4-8-14(15)16/h2-9,17H,10-11H2,1H3. The summed E-state index contributed by atoms with van der Waals surface area (Å²) >= 11 is 3.48. The van der Waals surface area contributed by atoms with E-state index in [1.54, 1.807) is 0 Å². The highest BCUT2D eigenvalue weighted by Gasteiger charge is 2.03. The second-order valence-electron chi connectivity index (χ2n) is 4.02. The first-order valence-electron chi connectivity index (χ1n) is 5.90. The van der Waals surface area contributed by atoms with Crippen LogP contribution in [-0.2, 0) is 13.2 Å². The van der Waals surface area contributed by atoms with Crippen molar-refractivity contribution in [2.45, 2.75) is 13.2 Å². The third-order valence-electron chi connectivity index (χ3n) is 2.71. The van der Waals surface area contributed by atoms with Gasteiger partial charge in [-0.05, 0) is 46.2 Å². The Kier molecular flexibility index (Phi) is 4.79. The summed E-state index contributed by atoms with van der Waals surface area (Å²) in [7, 11) is 1.95. The van der Waals surface area contributed by atoms with Crippen molar-refractivity contribution in [3.8, 4) is 5.75 Å². The van der Waals surface area contributed by atoms with Crippen LogP contribution in [0.3, 0.4) is 0 Å². The van der Waals surface area contributed by atoms with E-state index in [2.05, 4.69) is 39.4 Å². The average Bonchev–Trinajstić information content (AvgIpc) is 2.40. The smallest absolute Gasteiger partial charge is 0.133 e. The Balaban J connectivity index is 2.08. The molecule has 0 aliphatic heterocycles. The van der Waals surface area contributed by atoms with E-state index in [0.29, 0.717) is 6.61 Å². The number of benzene rings is 2. The molecule has 0 aliphatic carbocycles. The zero-order valence-electron chi connectivity index (χ0n) is 10.3. The van der Waals surface area contributed by atoms with E-state index in [4.69, 9.17) is 4.74 Å². The van der Waals surface area contributed by atoms with Crippen molar-refractivity contribution in [2.24, 2.45) is 0 Å². The van der Waals surface area contributed by atoms with E-state index in [-0.39, 0.29) is 0 Å². The maximum atomic E-state index is 5.84. The third-order valence-corrected chi connectivity index (χ3v) is 3.36. The summed E-state index contributed by atoms with van der Waals surface area (Å²) in [6, 6.07) is 16.2. The fourth-order valence-corrected chi connectivity index (χ4v) is 2.18. The molecule has 0 atom stereocenters. The molecule has 0 radical (unpaired) electrons. The molecule has 0 saturated heterocycles. The van der Waals surface area contributed by atoms with E-state index < -0.39 is 0 Å². The normalized spacial score (nSPS) is 10.3. The van der Waals surface area contributed by atoms with Crippen LogP contribution in [0.5, 0.6) is 5.75 Å². The summed E-state index contributed by atoms with van der Waals surface area (Å²) in [5.41, 5.74) is 2.48. The SMILES string of the molecule is CNCc1ccccc1COc1ccccc1Br. The summed E-state index contributed by atoms with van der Waals surface area (Å²) in [6.45, 7) is 1.44. The van der Waals surface area contributed by atoms with Crippen molar-refractivity contribution in [3.63, 3.8) is 0 Å². The summed E-state index contributed by atoms with van der Waals surface area (Å²) in [5, 5.41) is 3.17. The van der Waals surface area contributed by atoms with Gasteiger partial charge in [0.2, 0.25) is 0 Å². The number of hydrogen-bond acceptors (Lipinski definition) is 2. The van der Waals surface area contributed by atoms with Crippen LogP contribution in [0.25, 0.3) is 0 Å². The fraction of sp³-hybridized carbons (Fsp3) is 0.200. The maximum Gasteiger partial charge on any atom is 0.133 e. The highest BCUT2D eigenvalue weighted by molar-refractivity contribution is 9.10. The van der Waals surface area contributed by atoms with Gasteiger partial charge in [-0.2, -0.15) is 0 Å². The largest absolute Gasteiger partial charge is 0.488 e. The van der Waals surface area contributed by atoms with Crippen molar-refractivity contribution in [1.29, 1.82) is 0 Å². The Labute approximate surface area is 116 Å². The van der Waals surface area contributed by atoms with Crippen LogP contribution in [0, 0.1) is 0 Å². The zero-order valence-corrected chi connectivity index (χ0v) is 11.9. The number of halogens is 1. The Morgan fingerprint density at radius 2 is 1.67 bits per heavy atom. The lowest BCUT2D eigenvalue weighted by molar-refractivity contribution is 0.303. The van der Waals surface area contributed by atoms with E-state index in [1.807, 2.05) is 37.4 Å². The molecule has 0 saturated carbocycles. The Morgan fingerprint density at radius 3 is 2.39 bits per heavy atom. The number of nitrogens with one attached hydrogen (secondary N) is 1. The molecular weight excluding hydrogens is 290 g/mol. The Morgan fingerprint density at radius 1 is 1.00 bits per heavy atom. The quantitative estimate of drug-likeness (QED) is 0.908. The second-order valence-corrected chi connectivity index (χ2v) is 4.87. The van der Waals surface area contributed by atoms with Gasteiger partial charge in [-0.3, -0.25) is 0 Å². The van der Waals surface area contributed by atoms with Crippen LogP contribution in [0.4, 0.5) is 0 Å². The van der Waals surface area contributed by atoms with Crippen molar-refractivity contribution < 1.29 is 4.74 Å². The summed E-state index contributed by atoms with van der Waals surface area (Å²) in [5.74, 6) is 0.872. The van der Waals surface area contributed by atoms with Gasteiger partial charge in [-0.15, -0.1) is 0 Å². The minimum absolute atomic E-state index is 0.584. The first-order chi connectivity index (χ1) is 8.81. The molecule has 2 nitrogen and oxygen atoms in total. The van der Waals surface area contributed by atoms with Gasteiger partial charge in [0.05, 0.1) is 4.47 Å². The molecule has 94 valence electrons. The first-order valence-corrected chi connectivity index (χ1v) is 6.69. The van der Waals surface area contributed by atoms with Crippen LogP contribution >= 0.6 is 15.9 Å². The lowest BCUT2D eigenvalue weighted by Crippen LogP contribution is -2.09. The molecule has 0 aromatic heterocycles. The predicted molar refractivity (Wildman–Crippen MR) is 77.7 cm³/mol. The van der Waals surface area contributed by atoms with Crippen molar-refractivity contribution in [1.82, 2.24) is 5.32 Å². The van der Waals surface area contributed by atoms with Gasteiger partial charge in [0.25, 0.3) is 0 Å². The lowest BCUT2D eigenvalue weighted by Gasteiger charge is -2.11. The van der Waals surface area contributed by atoms with Crippen LogP contribution in [-0.4, -0.2) is 7.05 Å². The molecule has 2 aromatic carbocycles. The second kappa shape index (κ2) is 6.57. The number of ether oxygens (including phenoxy) is 1. The van der Waals surface area contributed by atoms with E-state index in [0.717, 1.165) is 16.8 Å². The predicted octanol–water partition coefficient (Wildman–Crippen LogP) is 3.75. The van der Waals surface area contributed by atoms with Gasteiger partial charge in [-0.1, -0.05) is 36.4 Å². The topological polar surface area (TPSA) is 21.3 Å². The highest BCUT2D eigenvalue weighted by atomic mass is 79.9. The molecule has 0 spiro atoms. The molecule has 1 N–H and O–H groups in total. The lowest BCUT2D eigenvalue weighted by atomic mass is 10.1. The Bertz CT molecular complexity index is 513. The van der Waals surface area contributed by atoms with Crippen LogP contribution in [0.1, 0.15) is 11.1 Å². The van der Waals surface area contributed by atoms with Gasteiger partial charge in [0, 0.05) is 6.54 Å². The summed E-state index contributed by atoms with van der Waals surface area (Å²) in [4.78, 5) is 0. The van der Waals surface area contributed by atoms with Crippen molar-refractivity contribution in [3.05, 3.63) is 64.1 Å². The minimum atomic E-state index is 0.584. The molecule has 0 aliphatic rings. The monoisotopic (exact) mass is 305 g/mol. The van der Waals surface area contributed by atoms with Gasteiger partial charge in [0.1, 0.15) is 12.4 Å². The fourth-order valence-electron chi connectivity index (χ4n) is 1.78. The molecule has 2 aromatic rings. The van der Waals surface area contributed by atoms with E-state index >= 15 is 0 Å². The van der Waals surface area contributed by atoms with Crippen molar-refractivity contribution >= 4 is 15.9 Å². The van der Waals surface area contributed by atoms with Crippen LogP contribution in [0.15, 0.2) is 53.0 Å². The molecule has 0 amide bonds. The molecule has 18 heavy (non-hydrogen) atoms. The molecule has 0 fully saturated rings. The average molecular weight is 306 g/mol. The van der Waals surface area contributed by atoms with Gasteiger partial charge in [-0.25, -0.2) is 0 Å². The number of hydrogen-bond donors (Lipinski definition) is 1. The number of para-hydroxylation sites is 1. The minimum Gasteiger partial charge on any atom is -0.488 e. The molecular formula is C15H16BrNO. The van der Waals surface area contributed by atoms with E-state index in [1.165, 1.54) is 11.1 Å². The van der Waals surface area contributed by atoms with Crippen LogP contribution < -0.4 is 10.1 Å². The zero-order chi connectivity index (χ0) is 12.8. The van der Waals surface area contributed by atoms with Gasteiger partial charge >= 0.3 is 0 Å². The summed E-state index contributed by atoms with van der Waals surface area (Å²) in [6.07, 6.45) is 0. The van der Waals surface area contributed by atoms with Crippen LogP contribution in [0.2, 0.25) is 0 Å². The molecule has 3 heteroatoms. The Hall–Kier alpha value is -1.32. The molecule has 0 unspecified atom stereocenters. The number of rotatable bonds is 5.